The lowest BCUT2D eigenvalue weighted by Crippen LogP contribution is -2.40. The number of para-hydroxylation sites is 1. The van der Waals surface area contributed by atoms with Gasteiger partial charge in [0.1, 0.15) is 6.54 Å². The zero-order valence-electron chi connectivity index (χ0n) is 18.1. The second kappa shape index (κ2) is 8.61. The number of fused-ring (bicyclic) bond motifs is 2. The fourth-order valence-electron chi connectivity index (χ4n) is 4.89. The summed E-state index contributed by atoms with van der Waals surface area (Å²) in [7, 11) is 0. The Hall–Kier alpha value is -3.41. The number of rotatable bonds is 3. The molecule has 2 aromatic carbocycles. The summed E-state index contributed by atoms with van der Waals surface area (Å²) >= 11 is 0. The van der Waals surface area contributed by atoms with E-state index in [-0.39, 0.29) is 23.9 Å². The number of likely N-dealkylation sites (tertiary alicyclic amines) is 1. The Morgan fingerprint density at radius 1 is 0.812 bits per heavy atom. The molecule has 0 saturated carbocycles. The summed E-state index contributed by atoms with van der Waals surface area (Å²) in [5.74, 6) is -0.175. The predicted molar refractivity (Wildman–Crippen MR) is 124 cm³/mol. The van der Waals surface area contributed by atoms with Crippen LogP contribution in [0.5, 0.6) is 0 Å². The molecule has 0 unspecified atom stereocenters. The highest BCUT2D eigenvalue weighted by Gasteiger charge is 2.24. The standard InChI is InChI=1S/C26H27N3O3/c30-24-16-22(26(32)27-13-6-1-7-14-27)21-10-4-5-11-23(21)29(24)18-25(31)28-15-12-19-8-2-3-9-20(19)17-28/h2-5,8-11,16H,1,6-7,12-15,17-18H2. The molecule has 3 heterocycles. The van der Waals surface area contributed by atoms with Crippen LogP contribution in [0.3, 0.4) is 0 Å². The molecular weight excluding hydrogens is 402 g/mol. The van der Waals surface area contributed by atoms with E-state index in [0.29, 0.717) is 24.2 Å². The Morgan fingerprint density at radius 3 is 2.34 bits per heavy atom. The Labute approximate surface area is 187 Å². The van der Waals surface area contributed by atoms with E-state index in [0.717, 1.165) is 49.7 Å². The first-order chi connectivity index (χ1) is 15.6. The molecule has 3 aromatic rings. The maximum absolute atomic E-state index is 13.2. The van der Waals surface area contributed by atoms with E-state index in [9.17, 15) is 14.4 Å². The molecule has 2 amide bonds. The van der Waals surface area contributed by atoms with Gasteiger partial charge in [-0.1, -0.05) is 42.5 Å². The zero-order chi connectivity index (χ0) is 22.1. The number of pyridine rings is 1. The highest BCUT2D eigenvalue weighted by Crippen LogP contribution is 2.22. The van der Waals surface area contributed by atoms with Crippen molar-refractivity contribution >= 4 is 22.7 Å². The lowest BCUT2D eigenvalue weighted by molar-refractivity contribution is -0.132. The first kappa shape index (κ1) is 20.5. The maximum atomic E-state index is 13.2. The van der Waals surface area contributed by atoms with Crippen molar-refractivity contribution < 1.29 is 9.59 Å². The van der Waals surface area contributed by atoms with Gasteiger partial charge in [0, 0.05) is 37.6 Å². The molecule has 1 aromatic heterocycles. The molecule has 0 bridgehead atoms. The minimum absolute atomic E-state index is 0.0281. The molecule has 6 nitrogen and oxygen atoms in total. The summed E-state index contributed by atoms with van der Waals surface area (Å²) in [5.41, 5.74) is 3.19. The fraction of sp³-hybridized carbons (Fsp3) is 0.346. The van der Waals surface area contributed by atoms with Crippen LogP contribution < -0.4 is 5.56 Å². The number of carbonyl (C=O) groups is 2. The van der Waals surface area contributed by atoms with E-state index in [1.54, 1.807) is 0 Å². The van der Waals surface area contributed by atoms with Crippen LogP contribution in [0.2, 0.25) is 0 Å². The summed E-state index contributed by atoms with van der Waals surface area (Å²) < 4.78 is 1.51. The molecule has 5 rings (SSSR count). The van der Waals surface area contributed by atoms with Crippen molar-refractivity contribution in [2.24, 2.45) is 0 Å². The summed E-state index contributed by atoms with van der Waals surface area (Å²) in [4.78, 5) is 43.0. The Bertz CT molecular complexity index is 1240. The second-order valence-electron chi connectivity index (χ2n) is 8.69. The molecule has 0 spiro atoms. The highest BCUT2D eigenvalue weighted by atomic mass is 16.2. The van der Waals surface area contributed by atoms with Gasteiger partial charge in [0.2, 0.25) is 5.91 Å². The number of hydrogen-bond donors (Lipinski definition) is 0. The molecule has 1 saturated heterocycles. The second-order valence-corrected chi connectivity index (χ2v) is 8.69. The molecule has 2 aliphatic heterocycles. The summed E-state index contributed by atoms with van der Waals surface area (Å²) in [6, 6.07) is 17.0. The number of piperidine rings is 1. The van der Waals surface area contributed by atoms with Gasteiger partial charge in [-0.15, -0.1) is 0 Å². The van der Waals surface area contributed by atoms with Crippen molar-refractivity contribution in [3.8, 4) is 0 Å². The van der Waals surface area contributed by atoms with Gasteiger partial charge in [-0.25, -0.2) is 0 Å². The monoisotopic (exact) mass is 429 g/mol. The van der Waals surface area contributed by atoms with Crippen LogP contribution in [0.15, 0.2) is 59.4 Å². The molecule has 0 radical (unpaired) electrons. The van der Waals surface area contributed by atoms with E-state index in [2.05, 4.69) is 12.1 Å². The Morgan fingerprint density at radius 2 is 1.53 bits per heavy atom. The fourth-order valence-corrected chi connectivity index (χ4v) is 4.89. The molecule has 0 aliphatic carbocycles. The molecule has 2 aliphatic rings. The molecular formula is C26H27N3O3. The van der Waals surface area contributed by atoms with Crippen molar-refractivity contribution in [1.29, 1.82) is 0 Å². The number of carbonyl (C=O) groups excluding carboxylic acids is 2. The maximum Gasteiger partial charge on any atom is 0.254 e. The van der Waals surface area contributed by atoms with E-state index >= 15 is 0 Å². The first-order valence-electron chi connectivity index (χ1n) is 11.4. The average Bonchev–Trinajstić information content (AvgIpc) is 2.85. The van der Waals surface area contributed by atoms with E-state index < -0.39 is 0 Å². The smallest absolute Gasteiger partial charge is 0.254 e. The summed E-state index contributed by atoms with van der Waals surface area (Å²) in [6.07, 6.45) is 3.94. The number of nitrogens with zero attached hydrogens (tertiary/aromatic N) is 3. The zero-order valence-corrected chi connectivity index (χ0v) is 18.1. The van der Waals surface area contributed by atoms with Gasteiger partial charge < -0.3 is 9.80 Å². The van der Waals surface area contributed by atoms with Crippen LogP contribution in [0, 0.1) is 0 Å². The van der Waals surface area contributed by atoms with Crippen molar-refractivity contribution in [3.05, 3.63) is 81.6 Å². The quantitative estimate of drug-likeness (QED) is 0.642. The van der Waals surface area contributed by atoms with E-state index in [4.69, 9.17) is 0 Å². The normalized spacial score (nSPS) is 16.1. The van der Waals surface area contributed by atoms with E-state index in [1.165, 1.54) is 16.2 Å². The van der Waals surface area contributed by atoms with Crippen molar-refractivity contribution in [2.45, 2.75) is 38.8 Å². The molecule has 164 valence electrons. The van der Waals surface area contributed by atoms with Crippen LogP contribution >= 0.6 is 0 Å². The van der Waals surface area contributed by atoms with Gasteiger partial charge >= 0.3 is 0 Å². The number of amides is 2. The van der Waals surface area contributed by atoms with Crippen molar-refractivity contribution in [2.75, 3.05) is 19.6 Å². The molecule has 1 fully saturated rings. The molecule has 0 N–H and O–H groups in total. The minimum Gasteiger partial charge on any atom is -0.339 e. The van der Waals surface area contributed by atoms with E-state index in [1.807, 2.05) is 46.2 Å². The third-order valence-corrected chi connectivity index (χ3v) is 6.67. The Balaban J connectivity index is 1.45. The van der Waals surface area contributed by atoms with Gasteiger partial charge in [-0.3, -0.25) is 19.0 Å². The third-order valence-electron chi connectivity index (χ3n) is 6.67. The molecule has 0 atom stereocenters. The summed E-state index contributed by atoms with van der Waals surface area (Å²) in [5, 5.41) is 0.722. The number of benzene rings is 2. The lowest BCUT2D eigenvalue weighted by atomic mass is 10.00. The van der Waals surface area contributed by atoms with Crippen LogP contribution in [0.1, 0.15) is 40.7 Å². The first-order valence-corrected chi connectivity index (χ1v) is 11.4. The van der Waals surface area contributed by atoms with Gasteiger partial charge in [-0.2, -0.15) is 0 Å². The highest BCUT2D eigenvalue weighted by molar-refractivity contribution is 6.06. The van der Waals surface area contributed by atoms with Gasteiger partial charge in [0.25, 0.3) is 11.5 Å². The molecule has 32 heavy (non-hydrogen) atoms. The summed E-state index contributed by atoms with van der Waals surface area (Å²) in [6.45, 7) is 2.64. The minimum atomic E-state index is -0.310. The van der Waals surface area contributed by atoms with Crippen LogP contribution in [-0.4, -0.2) is 45.8 Å². The number of hydrogen-bond acceptors (Lipinski definition) is 3. The third kappa shape index (κ3) is 3.81. The van der Waals surface area contributed by atoms with Crippen LogP contribution in [-0.2, 0) is 24.3 Å². The lowest BCUT2D eigenvalue weighted by Gasteiger charge is -2.29. The largest absolute Gasteiger partial charge is 0.339 e. The number of aromatic nitrogens is 1. The van der Waals surface area contributed by atoms with Crippen molar-refractivity contribution in [3.63, 3.8) is 0 Å². The van der Waals surface area contributed by atoms with Gasteiger partial charge in [0.05, 0.1) is 11.1 Å². The topological polar surface area (TPSA) is 62.6 Å². The van der Waals surface area contributed by atoms with Crippen LogP contribution in [0.25, 0.3) is 10.9 Å². The van der Waals surface area contributed by atoms with Gasteiger partial charge in [0.15, 0.2) is 0 Å². The molecule has 6 heteroatoms. The van der Waals surface area contributed by atoms with Crippen molar-refractivity contribution in [1.82, 2.24) is 14.4 Å². The average molecular weight is 430 g/mol. The Kier molecular flexibility index (Phi) is 5.52. The SMILES string of the molecule is O=C(Cn1c(=O)cc(C(=O)N2CCCCC2)c2ccccc21)N1CCc2ccccc2C1. The van der Waals surface area contributed by atoms with Crippen LogP contribution in [0.4, 0.5) is 0 Å². The predicted octanol–water partition coefficient (Wildman–Crippen LogP) is 3.21. The van der Waals surface area contributed by atoms with Gasteiger partial charge in [-0.05, 0) is 42.9 Å².